The summed E-state index contributed by atoms with van der Waals surface area (Å²) in [5.41, 5.74) is 0.449. The van der Waals surface area contributed by atoms with Crippen LogP contribution in [0.15, 0.2) is 75.6 Å². The molecule has 2 heterocycles. The quantitative estimate of drug-likeness (QED) is 0.219. The van der Waals surface area contributed by atoms with Gasteiger partial charge in [0.1, 0.15) is 18.1 Å². The average Bonchev–Trinajstić information content (AvgIpc) is 3.49. The van der Waals surface area contributed by atoms with E-state index in [-0.39, 0.29) is 29.8 Å². The van der Waals surface area contributed by atoms with Crippen LogP contribution in [0, 0.1) is 10.1 Å². The maximum absolute atomic E-state index is 12.4. The standard InChI is InChI=1S/C22H17N3O7/c1-14(20-23-24-21(32-20)15-7-9-16(10-8-15)25(27)28)30-22(26)19-12-11-18(31-19)13-29-17-5-3-2-4-6-17/h2-12,14H,13H2,1H3. The Balaban J connectivity index is 1.36. The summed E-state index contributed by atoms with van der Waals surface area (Å²) < 4.78 is 22.0. The molecule has 0 aliphatic carbocycles. The van der Waals surface area contributed by atoms with Crippen molar-refractivity contribution in [2.24, 2.45) is 0 Å². The molecular formula is C22H17N3O7. The topological polar surface area (TPSA) is 131 Å². The van der Waals surface area contributed by atoms with Crippen LogP contribution in [0.1, 0.15) is 35.2 Å². The highest BCUT2D eigenvalue weighted by atomic mass is 16.6. The third-order valence-corrected chi connectivity index (χ3v) is 4.38. The van der Waals surface area contributed by atoms with Gasteiger partial charge in [-0.3, -0.25) is 10.1 Å². The Morgan fingerprint density at radius 1 is 1.03 bits per heavy atom. The Kier molecular flexibility index (Phi) is 5.93. The van der Waals surface area contributed by atoms with E-state index in [1.165, 1.54) is 30.3 Å². The molecule has 0 aliphatic heterocycles. The number of benzene rings is 2. The summed E-state index contributed by atoms with van der Waals surface area (Å²) in [6.45, 7) is 1.74. The van der Waals surface area contributed by atoms with Crippen LogP contribution in [0.5, 0.6) is 5.75 Å². The highest BCUT2D eigenvalue weighted by Crippen LogP contribution is 2.25. The predicted octanol–water partition coefficient (Wildman–Crippen LogP) is 4.73. The van der Waals surface area contributed by atoms with Crippen molar-refractivity contribution >= 4 is 11.7 Å². The first-order valence-electron chi connectivity index (χ1n) is 9.55. The summed E-state index contributed by atoms with van der Waals surface area (Å²) in [4.78, 5) is 22.6. The minimum absolute atomic E-state index is 0.0126. The minimum atomic E-state index is -0.837. The molecule has 1 atom stereocenters. The fourth-order valence-corrected chi connectivity index (χ4v) is 2.75. The van der Waals surface area contributed by atoms with Crippen LogP contribution in [-0.2, 0) is 11.3 Å². The van der Waals surface area contributed by atoms with Gasteiger partial charge in [0.05, 0.1) is 4.92 Å². The van der Waals surface area contributed by atoms with E-state index in [9.17, 15) is 14.9 Å². The Bertz CT molecular complexity index is 1220. The number of nitro benzene ring substituents is 1. The van der Waals surface area contributed by atoms with Crippen LogP contribution in [0.2, 0.25) is 0 Å². The monoisotopic (exact) mass is 435 g/mol. The van der Waals surface area contributed by atoms with Crippen LogP contribution < -0.4 is 4.74 Å². The molecule has 32 heavy (non-hydrogen) atoms. The second-order valence-electron chi connectivity index (χ2n) is 6.66. The predicted molar refractivity (Wildman–Crippen MR) is 110 cm³/mol. The largest absolute Gasteiger partial charge is 0.486 e. The Morgan fingerprint density at radius 3 is 2.50 bits per heavy atom. The highest BCUT2D eigenvalue weighted by Gasteiger charge is 2.22. The second-order valence-corrected chi connectivity index (χ2v) is 6.66. The van der Waals surface area contributed by atoms with Crippen molar-refractivity contribution in [2.45, 2.75) is 19.6 Å². The van der Waals surface area contributed by atoms with Crippen LogP contribution in [0.25, 0.3) is 11.5 Å². The van der Waals surface area contributed by atoms with Crippen LogP contribution in [0.4, 0.5) is 5.69 Å². The van der Waals surface area contributed by atoms with E-state index in [1.54, 1.807) is 13.0 Å². The summed E-state index contributed by atoms with van der Waals surface area (Å²) in [5, 5.41) is 18.5. The highest BCUT2D eigenvalue weighted by molar-refractivity contribution is 5.86. The zero-order valence-corrected chi connectivity index (χ0v) is 16.8. The van der Waals surface area contributed by atoms with Crippen molar-refractivity contribution in [1.82, 2.24) is 10.2 Å². The molecule has 4 rings (SSSR count). The summed E-state index contributed by atoms with van der Waals surface area (Å²) in [6, 6.07) is 18.0. The molecule has 10 heteroatoms. The zero-order chi connectivity index (χ0) is 22.5. The van der Waals surface area contributed by atoms with Crippen LogP contribution in [-0.4, -0.2) is 21.1 Å². The first kappa shape index (κ1) is 20.8. The van der Waals surface area contributed by atoms with Crippen molar-refractivity contribution in [1.29, 1.82) is 0 Å². The normalized spacial score (nSPS) is 11.7. The zero-order valence-electron chi connectivity index (χ0n) is 16.8. The van der Waals surface area contributed by atoms with E-state index in [1.807, 2.05) is 30.3 Å². The fraction of sp³-hybridized carbons (Fsp3) is 0.136. The number of esters is 1. The number of rotatable bonds is 8. The summed E-state index contributed by atoms with van der Waals surface area (Å²) in [6.07, 6.45) is -0.837. The Labute approximate surface area is 181 Å². The molecule has 2 aromatic carbocycles. The number of para-hydroxylation sites is 1. The van der Waals surface area contributed by atoms with Gasteiger partial charge >= 0.3 is 5.97 Å². The first-order chi connectivity index (χ1) is 15.5. The van der Waals surface area contributed by atoms with Crippen molar-refractivity contribution in [3.05, 3.63) is 94.3 Å². The number of nitro groups is 1. The number of furan rings is 1. The number of hydrogen-bond acceptors (Lipinski definition) is 9. The van der Waals surface area contributed by atoms with Gasteiger partial charge in [0.15, 0.2) is 6.10 Å². The molecule has 0 saturated carbocycles. The van der Waals surface area contributed by atoms with Gasteiger partial charge in [-0.05, 0) is 43.3 Å². The van der Waals surface area contributed by atoms with Crippen molar-refractivity contribution < 1.29 is 28.0 Å². The number of carbonyl (C=O) groups is 1. The number of ether oxygens (including phenoxy) is 2. The summed E-state index contributed by atoms with van der Waals surface area (Å²) >= 11 is 0. The molecule has 0 amide bonds. The maximum Gasteiger partial charge on any atom is 0.375 e. The fourth-order valence-electron chi connectivity index (χ4n) is 2.75. The molecule has 0 radical (unpaired) electrons. The van der Waals surface area contributed by atoms with Gasteiger partial charge in [0, 0.05) is 17.7 Å². The lowest BCUT2D eigenvalue weighted by Gasteiger charge is -2.07. The number of non-ortho nitro benzene ring substituents is 1. The van der Waals surface area contributed by atoms with Crippen molar-refractivity contribution in [3.8, 4) is 17.2 Å². The maximum atomic E-state index is 12.4. The molecular weight excluding hydrogens is 418 g/mol. The van der Waals surface area contributed by atoms with E-state index in [2.05, 4.69) is 10.2 Å². The number of carbonyl (C=O) groups excluding carboxylic acids is 1. The molecule has 0 aliphatic rings. The second kappa shape index (κ2) is 9.13. The molecule has 0 spiro atoms. The average molecular weight is 435 g/mol. The van der Waals surface area contributed by atoms with E-state index >= 15 is 0 Å². The summed E-state index contributed by atoms with van der Waals surface area (Å²) in [5.74, 6) is 0.688. The van der Waals surface area contributed by atoms with Crippen LogP contribution in [0.3, 0.4) is 0 Å². The molecule has 4 aromatic rings. The first-order valence-corrected chi connectivity index (χ1v) is 9.55. The SMILES string of the molecule is CC(OC(=O)c1ccc(COc2ccccc2)o1)c1nnc(-c2ccc([N+](=O)[O-])cc2)o1. The van der Waals surface area contributed by atoms with Gasteiger partial charge in [-0.15, -0.1) is 10.2 Å². The lowest BCUT2D eigenvalue weighted by molar-refractivity contribution is -0.384. The van der Waals surface area contributed by atoms with Gasteiger partial charge in [-0.2, -0.15) is 0 Å². The van der Waals surface area contributed by atoms with Gasteiger partial charge in [0.25, 0.3) is 11.6 Å². The molecule has 1 unspecified atom stereocenters. The molecule has 10 nitrogen and oxygen atoms in total. The molecule has 0 fully saturated rings. The summed E-state index contributed by atoms with van der Waals surface area (Å²) in [7, 11) is 0. The Morgan fingerprint density at radius 2 is 1.78 bits per heavy atom. The number of aromatic nitrogens is 2. The van der Waals surface area contributed by atoms with Crippen molar-refractivity contribution in [3.63, 3.8) is 0 Å². The Hall–Kier alpha value is -4.47. The smallest absolute Gasteiger partial charge is 0.375 e. The lowest BCUT2D eigenvalue weighted by atomic mass is 10.2. The van der Waals surface area contributed by atoms with E-state index in [0.29, 0.717) is 17.1 Å². The molecule has 2 aromatic heterocycles. The molecule has 162 valence electrons. The molecule has 0 N–H and O–H groups in total. The molecule has 0 saturated heterocycles. The number of nitrogens with zero attached hydrogens (tertiary/aromatic N) is 3. The van der Waals surface area contributed by atoms with Crippen LogP contribution >= 0.6 is 0 Å². The lowest BCUT2D eigenvalue weighted by Crippen LogP contribution is -2.08. The van der Waals surface area contributed by atoms with E-state index in [4.69, 9.17) is 18.3 Å². The third kappa shape index (κ3) is 4.81. The van der Waals surface area contributed by atoms with Gasteiger partial charge in [0.2, 0.25) is 11.7 Å². The van der Waals surface area contributed by atoms with Crippen molar-refractivity contribution in [2.75, 3.05) is 0 Å². The molecule has 0 bridgehead atoms. The third-order valence-electron chi connectivity index (χ3n) is 4.38. The minimum Gasteiger partial charge on any atom is -0.486 e. The van der Waals surface area contributed by atoms with Gasteiger partial charge in [-0.25, -0.2) is 4.79 Å². The van der Waals surface area contributed by atoms with Gasteiger partial charge in [-0.1, -0.05) is 18.2 Å². The van der Waals surface area contributed by atoms with E-state index in [0.717, 1.165) is 0 Å². The van der Waals surface area contributed by atoms with E-state index < -0.39 is 17.0 Å². The number of hydrogen-bond donors (Lipinski definition) is 0. The van der Waals surface area contributed by atoms with Gasteiger partial charge < -0.3 is 18.3 Å².